The molecule has 9 heteroatoms. The minimum absolute atomic E-state index is 0.0302. The third-order valence-electron chi connectivity index (χ3n) is 5.03. The van der Waals surface area contributed by atoms with Crippen molar-refractivity contribution >= 4 is 5.78 Å². The summed E-state index contributed by atoms with van der Waals surface area (Å²) >= 11 is 0. The van der Waals surface area contributed by atoms with Crippen LogP contribution in [0.2, 0.25) is 0 Å². The number of tetrazole rings is 1. The summed E-state index contributed by atoms with van der Waals surface area (Å²) in [6, 6.07) is 12.0. The Morgan fingerprint density at radius 3 is 2.68 bits per heavy atom. The lowest BCUT2D eigenvalue weighted by Gasteiger charge is -2.09. The van der Waals surface area contributed by atoms with Crippen LogP contribution < -0.4 is 0 Å². The summed E-state index contributed by atoms with van der Waals surface area (Å²) in [5.41, 5.74) is 3.68. The number of aromatic amines is 1. The van der Waals surface area contributed by atoms with Crippen molar-refractivity contribution < 1.29 is 4.79 Å². The molecule has 4 aromatic rings. The van der Waals surface area contributed by atoms with Crippen molar-refractivity contribution in [2.75, 3.05) is 0 Å². The quantitative estimate of drug-likeness (QED) is 0.415. The van der Waals surface area contributed by atoms with Gasteiger partial charge in [-0.15, -0.1) is 15.3 Å². The zero-order valence-electron chi connectivity index (χ0n) is 17.6. The number of Topliss-reactive ketones (excluding diaryl/α,β-unsaturated/α-hetero) is 1. The number of nitrogens with zero attached hydrogens (tertiary/aromatic N) is 7. The third-order valence-corrected chi connectivity index (χ3v) is 5.03. The van der Waals surface area contributed by atoms with E-state index in [9.17, 15) is 4.79 Å². The van der Waals surface area contributed by atoms with E-state index in [4.69, 9.17) is 0 Å². The van der Waals surface area contributed by atoms with Crippen LogP contribution in [-0.2, 0) is 13.0 Å². The van der Waals surface area contributed by atoms with Gasteiger partial charge in [0.15, 0.2) is 0 Å². The van der Waals surface area contributed by atoms with Crippen molar-refractivity contribution in [3.05, 3.63) is 59.8 Å². The van der Waals surface area contributed by atoms with Crippen LogP contribution in [0.4, 0.5) is 0 Å². The number of aromatic nitrogens is 8. The van der Waals surface area contributed by atoms with Gasteiger partial charge >= 0.3 is 0 Å². The molecule has 0 amide bonds. The second kappa shape index (κ2) is 9.38. The topological polar surface area (TPSA) is 115 Å². The first-order valence-electron chi connectivity index (χ1n) is 10.4. The van der Waals surface area contributed by atoms with E-state index >= 15 is 0 Å². The smallest absolute Gasteiger partial charge is 0.223 e. The maximum atomic E-state index is 12.1. The second-order valence-electron chi connectivity index (χ2n) is 7.22. The zero-order chi connectivity index (χ0) is 21.6. The number of carbonyl (C=O) groups excluding carboxylic acids is 1. The van der Waals surface area contributed by atoms with E-state index in [2.05, 4.69) is 54.7 Å². The molecule has 0 aliphatic carbocycles. The number of aryl methyl sites for hydroxylation is 1. The van der Waals surface area contributed by atoms with E-state index in [1.807, 2.05) is 35.9 Å². The molecule has 0 spiro atoms. The summed E-state index contributed by atoms with van der Waals surface area (Å²) < 4.78 is 1.85. The first-order chi connectivity index (χ1) is 15.2. The number of nitrogens with one attached hydrogen (secondary N) is 1. The van der Waals surface area contributed by atoms with Gasteiger partial charge in [0.1, 0.15) is 11.5 Å². The molecule has 0 radical (unpaired) electrons. The Kier molecular flexibility index (Phi) is 6.21. The molecule has 0 aliphatic rings. The van der Waals surface area contributed by atoms with Gasteiger partial charge in [0.25, 0.3) is 0 Å². The van der Waals surface area contributed by atoms with E-state index in [0.717, 1.165) is 41.8 Å². The Labute approximate surface area is 180 Å². The summed E-state index contributed by atoms with van der Waals surface area (Å²) in [6.45, 7) is 4.53. The molecular weight excluding hydrogens is 392 g/mol. The minimum Gasteiger partial charge on any atom is -0.291 e. The van der Waals surface area contributed by atoms with Crippen LogP contribution in [-0.4, -0.2) is 46.2 Å². The highest BCUT2D eigenvalue weighted by Gasteiger charge is 2.16. The molecule has 4 rings (SSSR count). The lowest BCUT2D eigenvalue weighted by molar-refractivity contribution is 0.0978. The molecule has 3 heterocycles. The molecule has 3 aromatic heterocycles. The molecule has 0 saturated heterocycles. The molecule has 9 nitrogen and oxygen atoms in total. The fourth-order valence-corrected chi connectivity index (χ4v) is 3.34. The Morgan fingerprint density at radius 1 is 1.13 bits per heavy atom. The molecule has 0 saturated carbocycles. The number of unbranched alkanes of at least 4 members (excludes halogenated alkanes) is 1. The molecule has 0 fully saturated rings. The maximum absolute atomic E-state index is 12.1. The Morgan fingerprint density at radius 2 is 1.97 bits per heavy atom. The van der Waals surface area contributed by atoms with Crippen molar-refractivity contribution in [2.45, 2.75) is 46.1 Å². The average molecular weight is 416 g/mol. The molecule has 0 bridgehead atoms. The Balaban J connectivity index is 1.59. The Hall–Kier alpha value is -3.75. The van der Waals surface area contributed by atoms with Gasteiger partial charge in [-0.2, -0.15) is 5.21 Å². The number of hydrogen-bond acceptors (Lipinski definition) is 7. The molecule has 1 N–H and O–H groups in total. The van der Waals surface area contributed by atoms with Crippen molar-refractivity contribution in [3.8, 4) is 22.6 Å². The number of hydrogen-bond donors (Lipinski definition) is 1. The minimum atomic E-state index is -0.0302. The number of rotatable bonds is 9. The summed E-state index contributed by atoms with van der Waals surface area (Å²) in [5, 5.41) is 18.7. The molecule has 31 heavy (non-hydrogen) atoms. The zero-order valence-corrected chi connectivity index (χ0v) is 17.6. The van der Waals surface area contributed by atoms with Crippen LogP contribution in [0.5, 0.6) is 0 Å². The number of carbonyl (C=O) groups is 1. The second-order valence-corrected chi connectivity index (χ2v) is 7.22. The summed E-state index contributed by atoms with van der Waals surface area (Å²) in [7, 11) is 0. The normalized spacial score (nSPS) is 11.0. The highest BCUT2D eigenvalue weighted by molar-refractivity contribution is 5.92. The van der Waals surface area contributed by atoms with Gasteiger partial charge in [0.05, 0.1) is 6.54 Å². The highest BCUT2D eigenvalue weighted by atomic mass is 16.1. The largest absolute Gasteiger partial charge is 0.291 e. The monoisotopic (exact) mass is 416 g/mol. The van der Waals surface area contributed by atoms with E-state index < -0.39 is 0 Å². The first kappa shape index (κ1) is 20.5. The van der Waals surface area contributed by atoms with Crippen LogP contribution in [0.3, 0.4) is 0 Å². The summed E-state index contributed by atoms with van der Waals surface area (Å²) in [6.07, 6.45) is 4.99. The predicted octanol–water partition coefficient (Wildman–Crippen LogP) is 3.50. The van der Waals surface area contributed by atoms with Crippen LogP contribution >= 0.6 is 0 Å². The standard InChI is InChI=1S/C22H24N8O/c1-3-5-8-19-24-21(18(31)4-2)27-30(19)14-15-9-11-16(12-10-15)17-7-6-13-23-20(17)22-25-28-29-26-22/h6-7,9-13H,3-5,8,14H2,1-2H3,(H,25,26,28,29). The highest BCUT2D eigenvalue weighted by Crippen LogP contribution is 2.28. The van der Waals surface area contributed by atoms with E-state index in [1.54, 1.807) is 6.20 Å². The number of benzene rings is 1. The van der Waals surface area contributed by atoms with Crippen LogP contribution in [0.1, 0.15) is 55.1 Å². The van der Waals surface area contributed by atoms with Gasteiger partial charge in [-0.05, 0) is 28.8 Å². The van der Waals surface area contributed by atoms with Crippen molar-refractivity contribution in [2.24, 2.45) is 0 Å². The number of pyridine rings is 1. The average Bonchev–Trinajstić information content (AvgIpc) is 3.48. The van der Waals surface area contributed by atoms with Crippen molar-refractivity contribution in [3.63, 3.8) is 0 Å². The van der Waals surface area contributed by atoms with Gasteiger partial charge in [-0.1, -0.05) is 50.6 Å². The maximum Gasteiger partial charge on any atom is 0.223 e. The van der Waals surface area contributed by atoms with Crippen molar-refractivity contribution in [1.29, 1.82) is 0 Å². The molecule has 1 aromatic carbocycles. The van der Waals surface area contributed by atoms with Crippen molar-refractivity contribution in [1.82, 2.24) is 40.4 Å². The SMILES string of the molecule is CCCCc1nc(C(=O)CC)nn1Cc1ccc(-c2cccnc2-c2nn[nH]n2)cc1. The van der Waals surface area contributed by atoms with E-state index in [-0.39, 0.29) is 5.78 Å². The number of H-pyrrole nitrogens is 1. The van der Waals surface area contributed by atoms with Gasteiger partial charge in [-0.3, -0.25) is 9.78 Å². The summed E-state index contributed by atoms with van der Waals surface area (Å²) in [4.78, 5) is 21.0. The van der Waals surface area contributed by atoms with Gasteiger partial charge in [0.2, 0.25) is 17.4 Å². The lowest BCUT2D eigenvalue weighted by atomic mass is 10.0. The van der Waals surface area contributed by atoms with Gasteiger partial charge in [0, 0.05) is 24.6 Å². The van der Waals surface area contributed by atoms with Gasteiger partial charge < -0.3 is 0 Å². The van der Waals surface area contributed by atoms with E-state index in [0.29, 0.717) is 30.3 Å². The molecule has 0 aliphatic heterocycles. The summed E-state index contributed by atoms with van der Waals surface area (Å²) in [5.74, 6) is 1.59. The van der Waals surface area contributed by atoms with E-state index in [1.165, 1.54) is 0 Å². The predicted molar refractivity (Wildman–Crippen MR) is 115 cm³/mol. The molecule has 158 valence electrons. The molecule has 0 atom stereocenters. The molecular formula is C22H24N8O. The fraction of sp³-hybridized carbons (Fsp3) is 0.318. The van der Waals surface area contributed by atoms with Crippen LogP contribution in [0.15, 0.2) is 42.6 Å². The van der Waals surface area contributed by atoms with Crippen LogP contribution in [0, 0.1) is 0 Å². The van der Waals surface area contributed by atoms with Gasteiger partial charge in [-0.25, -0.2) is 9.67 Å². The third kappa shape index (κ3) is 4.55. The number of ketones is 1. The molecule has 0 unspecified atom stereocenters. The van der Waals surface area contributed by atoms with Crippen LogP contribution in [0.25, 0.3) is 22.6 Å². The Bertz CT molecular complexity index is 1150. The first-order valence-corrected chi connectivity index (χ1v) is 10.4. The lowest BCUT2D eigenvalue weighted by Crippen LogP contribution is -2.08. The fourth-order valence-electron chi connectivity index (χ4n) is 3.34.